The van der Waals surface area contributed by atoms with Crippen LogP contribution < -0.4 is 0 Å². The van der Waals surface area contributed by atoms with E-state index in [1.165, 1.54) is 9.60 Å². The van der Waals surface area contributed by atoms with Gasteiger partial charge in [0.05, 0.1) is 9.72 Å². The van der Waals surface area contributed by atoms with Crippen molar-refractivity contribution >= 4 is 60.7 Å². The highest BCUT2D eigenvalue weighted by Gasteiger charge is 2.08. The topological polar surface area (TPSA) is 0 Å². The summed E-state index contributed by atoms with van der Waals surface area (Å²) in [7, 11) is 0. The fourth-order valence-corrected chi connectivity index (χ4v) is 4.33. The zero-order valence-electron chi connectivity index (χ0n) is 6.80. The molecule has 0 saturated heterocycles. The van der Waals surface area contributed by atoms with Gasteiger partial charge in [-0.2, -0.15) is 0 Å². The Kier molecular flexibility index (Phi) is 2.88. The molecule has 0 amide bonds. The molecule has 0 unspecified atom stereocenters. The van der Waals surface area contributed by atoms with E-state index in [0.29, 0.717) is 0 Å². The van der Waals surface area contributed by atoms with Crippen LogP contribution in [0.5, 0.6) is 0 Å². The molecule has 2 rings (SSSR count). The van der Waals surface area contributed by atoms with Gasteiger partial charge in [0.15, 0.2) is 0 Å². The molecule has 1 aromatic heterocycles. The van der Waals surface area contributed by atoms with Crippen molar-refractivity contribution in [3.05, 3.63) is 27.0 Å². The predicted octanol–water partition coefficient (Wildman–Crippen LogP) is 5.04. The number of rotatable bonds is 1. The van der Waals surface area contributed by atoms with E-state index < -0.39 is 0 Å². The van der Waals surface area contributed by atoms with Gasteiger partial charge >= 0.3 is 0 Å². The minimum atomic E-state index is 0.850. The third-order valence-electron chi connectivity index (χ3n) is 1.81. The van der Waals surface area contributed by atoms with Crippen LogP contribution in [-0.2, 0) is 0 Å². The molecule has 0 aliphatic carbocycles. The number of fused-ring (bicyclic) bond motifs is 1. The maximum atomic E-state index is 6.04. The zero-order valence-corrected chi connectivity index (χ0v) is 10.8. The average molecular weight is 294 g/mol. The highest BCUT2D eigenvalue weighted by Crippen LogP contribution is 2.40. The molecule has 13 heavy (non-hydrogen) atoms. The molecule has 68 valence electrons. The van der Waals surface area contributed by atoms with Gasteiger partial charge in [0.2, 0.25) is 0 Å². The molecule has 2 aromatic rings. The van der Waals surface area contributed by atoms with Gasteiger partial charge in [-0.15, -0.1) is 23.1 Å². The van der Waals surface area contributed by atoms with E-state index in [4.69, 9.17) is 11.6 Å². The molecule has 0 spiro atoms. The minimum Gasteiger partial charge on any atom is -0.141 e. The lowest BCUT2D eigenvalue weighted by molar-refractivity contribution is 1.52. The van der Waals surface area contributed by atoms with E-state index in [2.05, 4.69) is 28.3 Å². The molecule has 0 bridgehead atoms. The number of thioether (sulfide) groups is 1. The monoisotopic (exact) mass is 292 g/mol. The number of hydrogen-bond acceptors (Lipinski definition) is 2. The summed E-state index contributed by atoms with van der Waals surface area (Å²) in [4.78, 5) is 1.27. The first-order valence-electron chi connectivity index (χ1n) is 3.63. The van der Waals surface area contributed by atoms with E-state index in [9.17, 15) is 0 Å². The molecule has 0 atom stereocenters. The lowest BCUT2D eigenvalue weighted by Gasteiger charge is -2.01. The van der Waals surface area contributed by atoms with Crippen molar-refractivity contribution in [1.82, 2.24) is 0 Å². The Balaban J connectivity index is 2.85. The largest absolute Gasteiger partial charge is 0.141 e. The van der Waals surface area contributed by atoms with Crippen LogP contribution in [0.4, 0.5) is 0 Å². The summed E-state index contributed by atoms with van der Waals surface area (Å²) in [6.07, 6.45) is 2.08. The molecule has 1 heterocycles. The Labute approximate surface area is 98.4 Å². The van der Waals surface area contributed by atoms with Crippen molar-refractivity contribution in [2.45, 2.75) is 4.90 Å². The standard InChI is InChI=1S/C9H6BrClS2/c1-12-9-6(10)3-2-5-7(11)4-13-8(5)9/h2-4H,1H3. The summed E-state index contributed by atoms with van der Waals surface area (Å²) >= 11 is 13.0. The third kappa shape index (κ3) is 1.63. The number of benzene rings is 1. The van der Waals surface area contributed by atoms with Gasteiger partial charge in [0.25, 0.3) is 0 Å². The smallest absolute Gasteiger partial charge is 0.0592 e. The van der Waals surface area contributed by atoms with E-state index in [0.717, 1.165) is 14.9 Å². The molecule has 1 aromatic carbocycles. The molecular weight excluding hydrogens is 288 g/mol. The van der Waals surface area contributed by atoms with Crippen molar-refractivity contribution in [3.63, 3.8) is 0 Å². The van der Waals surface area contributed by atoms with E-state index in [-0.39, 0.29) is 0 Å². The van der Waals surface area contributed by atoms with Gasteiger partial charge in [0, 0.05) is 20.1 Å². The Morgan fingerprint density at radius 3 is 2.92 bits per heavy atom. The number of thiophene rings is 1. The van der Waals surface area contributed by atoms with Crippen LogP contribution >= 0.6 is 50.6 Å². The van der Waals surface area contributed by atoms with Gasteiger partial charge in [-0.3, -0.25) is 0 Å². The molecule has 0 aliphatic rings. The number of hydrogen-bond donors (Lipinski definition) is 0. The quantitative estimate of drug-likeness (QED) is 0.664. The first-order chi connectivity index (χ1) is 6.24. The van der Waals surface area contributed by atoms with Crippen LogP contribution in [-0.4, -0.2) is 6.26 Å². The molecule has 0 aliphatic heterocycles. The van der Waals surface area contributed by atoms with Crippen molar-refractivity contribution in [2.24, 2.45) is 0 Å². The summed E-state index contributed by atoms with van der Waals surface area (Å²) < 4.78 is 2.41. The number of halogens is 2. The Hall–Kier alpha value is 0.300. The SMILES string of the molecule is CSc1c(Br)ccc2c(Cl)csc12. The highest BCUT2D eigenvalue weighted by atomic mass is 79.9. The van der Waals surface area contributed by atoms with Crippen LogP contribution in [0.15, 0.2) is 26.9 Å². The Morgan fingerprint density at radius 1 is 1.46 bits per heavy atom. The van der Waals surface area contributed by atoms with Gasteiger partial charge in [0.1, 0.15) is 0 Å². The zero-order chi connectivity index (χ0) is 9.42. The Bertz CT molecular complexity index is 450. The Morgan fingerprint density at radius 2 is 2.23 bits per heavy atom. The van der Waals surface area contributed by atoms with E-state index in [1.54, 1.807) is 23.1 Å². The van der Waals surface area contributed by atoms with Crippen molar-refractivity contribution in [3.8, 4) is 0 Å². The first-order valence-corrected chi connectivity index (χ1v) is 6.90. The maximum absolute atomic E-state index is 6.04. The van der Waals surface area contributed by atoms with E-state index >= 15 is 0 Å². The lowest BCUT2D eigenvalue weighted by atomic mass is 10.3. The summed E-state index contributed by atoms with van der Waals surface area (Å²) in [5, 5.41) is 3.99. The second kappa shape index (κ2) is 3.81. The first kappa shape index (κ1) is 9.84. The van der Waals surface area contributed by atoms with Gasteiger partial charge < -0.3 is 0 Å². The molecule has 0 N–H and O–H groups in total. The molecule has 0 nitrogen and oxygen atoms in total. The third-order valence-corrected chi connectivity index (χ3v) is 5.15. The lowest BCUT2D eigenvalue weighted by Crippen LogP contribution is -1.73. The summed E-state index contributed by atoms with van der Waals surface area (Å²) in [6.45, 7) is 0. The normalized spacial score (nSPS) is 11.0. The van der Waals surface area contributed by atoms with Gasteiger partial charge in [-0.05, 0) is 28.3 Å². The van der Waals surface area contributed by atoms with Crippen LogP contribution in [0.25, 0.3) is 10.1 Å². The summed E-state index contributed by atoms with van der Waals surface area (Å²) in [5.74, 6) is 0. The fraction of sp³-hybridized carbons (Fsp3) is 0.111. The second-order valence-electron chi connectivity index (χ2n) is 2.54. The van der Waals surface area contributed by atoms with Crippen molar-refractivity contribution in [1.29, 1.82) is 0 Å². The molecule has 0 radical (unpaired) electrons. The maximum Gasteiger partial charge on any atom is 0.0592 e. The fourth-order valence-electron chi connectivity index (χ4n) is 1.21. The second-order valence-corrected chi connectivity index (χ2v) is 5.50. The highest BCUT2D eigenvalue weighted by molar-refractivity contribution is 9.10. The average Bonchev–Trinajstić information content (AvgIpc) is 2.48. The molecule has 0 fully saturated rings. The van der Waals surface area contributed by atoms with Crippen LogP contribution in [0.3, 0.4) is 0 Å². The predicted molar refractivity (Wildman–Crippen MR) is 66.3 cm³/mol. The van der Waals surface area contributed by atoms with Crippen LogP contribution in [0.2, 0.25) is 5.02 Å². The van der Waals surface area contributed by atoms with Gasteiger partial charge in [-0.25, -0.2) is 0 Å². The van der Waals surface area contributed by atoms with E-state index in [1.807, 2.05) is 11.4 Å². The van der Waals surface area contributed by atoms with Crippen molar-refractivity contribution < 1.29 is 0 Å². The van der Waals surface area contributed by atoms with Crippen LogP contribution in [0, 0.1) is 0 Å². The van der Waals surface area contributed by atoms with Gasteiger partial charge in [-0.1, -0.05) is 17.7 Å². The molecule has 4 heteroatoms. The summed E-state index contributed by atoms with van der Waals surface area (Å²) in [5.41, 5.74) is 0. The molecule has 0 saturated carbocycles. The van der Waals surface area contributed by atoms with Crippen LogP contribution in [0.1, 0.15) is 0 Å². The minimum absolute atomic E-state index is 0.850. The molecular formula is C9H6BrClS2. The summed E-state index contributed by atoms with van der Waals surface area (Å²) in [6, 6.07) is 4.10. The van der Waals surface area contributed by atoms with Crippen molar-refractivity contribution in [2.75, 3.05) is 6.26 Å².